The van der Waals surface area contributed by atoms with Gasteiger partial charge in [-0.1, -0.05) is 70.7 Å². The Labute approximate surface area is 553 Å². The molecular weight excluding hydrogens is 1300 g/mol. The van der Waals surface area contributed by atoms with Crippen LogP contribution in [0.4, 0.5) is 0 Å². The lowest BCUT2D eigenvalue weighted by molar-refractivity contribution is 0.0162. The quantitative estimate of drug-likeness (QED) is 0.0254. The molecule has 28 heteroatoms. The molecule has 7 rings (SSSR count). The van der Waals surface area contributed by atoms with Crippen LogP contribution in [-0.2, 0) is 71.0 Å². The van der Waals surface area contributed by atoms with E-state index in [4.69, 9.17) is 84.3 Å². The van der Waals surface area contributed by atoms with Crippen LogP contribution in [0.15, 0.2) is 101 Å². The van der Waals surface area contributed by atoms with E-state index in [9.17, 15) is 31.2 Å². The molecule has 2 aliphatic rings. The summed E-state index contributed by atoms with van der Waals surface area (Å²) >= 11 is 25.8. The highest BCUT2D eigenvalue weighted by molar-refractivity contribution is 7.89. The molecule has 498 valence electrons. The highest BCUT2D eigenvalue weighted by atomic mass is 35.5. The van der Waals surface area contributed by atoms with Gasteiger partial charge in [-0.15, -0.1) is 0 Å². The van der Waals surface area contributed by atoms with Crippen molar-refractivity contribution in [3.05, 3.63) is 161 Å². The van der Waals surface area contributed by atoms with Gasteiger partial charge in [-0.05, 0) is 121 Å². The average Bonchev–Trinajstić information content (AvgIpc) is 0.797. The maximum Gasteiger partial charge on any atom is 0.251 e. The van der Waals surface area contributed by atoms with Crippen molar-refractivity contribution < 1.29 is 69.1 Å². The smallest absolute Gasteiger partial charge is 0.251 e. The summed E-state index contributed by atoms with van der Waals surface area (Å²) in [5.41, 5.74) is 5.84. The number of amides is 3. The monoisotopic (exact) mass is 1380 g/mol. The van der Waals surface area contributed by atoms with Gasteiger partial charge in [0.2, 0.25) is 20.0 Å². The molecule has 2 aliphatic heterocycles. The van der Waals surface area contributed by atoms with Crippen LogP contribution < -0.4 is 25.4 Å². The number of ether oxygens (including phenoxy) is 8. The van der Waals surface area contributed by atoms with Gasteiger partial charge in [0.25, 0.3) is 17.7 Å². The molecule has 22 nitrogen and oxygen atoms in total. The van der Waals surface area contributed by atoms with Crippen molar-refractivity contribution in [3.8, 4) is 0 Å². The van der Waals surface area contributed by atoms with Crippen LogP contribution in [0.25, 0.3) is 0 Å². The number of hydrogen-bond donors (Lipinski definition) is 5. The van der Waals surface area contributed by atoms with Crippen LogP contribution >= 0.6 is 46.4 Å². The number of rotatable bonds is 40. The predicted molar refractivity (Wildman–Crippen MR) is 348 cm³/mol. The first-order valence-electron chi connectivity index (χ1n) is 30.0. The highest BCUT2D eigenvalue weighted by Crippen LogP contribution is 2.40. The molecule has 0 aromatic heterocycles. The largest absolute Gasteiger partial charge is 0.379 e. The zero-order chi connectivity index (χ0) is 65.2. The summed E-state index contributed by atoms with van der Waals surface area (Å²) < 4.78 is 103. The average molecular weight is 1380 g/mol. The first-order valence-corrected chi connectivity index (χ1v) is 34.4. The maximum absolute atomic E-state index is 13.4. The van der Waals surface area contributed by atoms with E-state index in [0.29, 0.717) is 66.1 Å². The summed E-state index contributed by atoms with van der Waals surface area (Å²) in [6.45, 7) is 9.01. The summed E-state index contributed by atoms with van der Waals surface area (Å²) in [5, 5.41) is 10.5. The van der Waals surface area contributed by atoms with E-state index in [0.717, 1.165) is 33.4 Å². The Morgan fingerprint density at radius 1 is 0.440 bits per heavy atom. The third-order valence-corrected chi connectivity index (χ3v) is 18.6. The van der Waals surface area contributed by atoms with Crippen LogP contribution in [0, 0.1) is 0 Å². The van der Waals surface area contributed by atoms with Crippen molar-refractivity contribution in [2.75, 3.05) is 166 Å². The number of likely N-dealkylation sites (N-methyl/N-ethyl adjacent to an activating group) is 2. The number of fused-ring (bicyclic) bond motifs is 2. The van der Waals surface area contributed by atoms with Crippen molar-refractivity contribution in [2.45, 2.75) is 41.6 Å². The maximum atomic E-state index is 13.4. The lowest BCUT2D eigenvalue weighted by Gasteiger charge is -2.33. The molecule has 0 radical (unpaired) electrons. The number of hydrogen-bond acceptors (Lipinski definition) is 17. The Hall–Kier alpha value is -4.91. The molecule has 0 bridgehead atoms. The van der Waals surface area contributed by atoms with Crippen LogP contribution in [-0.4, -0.2) is 210 Å². The van der Waals surface area contributed by atoms with Gasteiger partial charge in [0, 0.05) is 114 Å². The van der Waals surface area contributed by atoms with Gasteiger partial charge < -0.3 is 63.6 Å². The Morgan fingerprint density at radius 2 is 0.758 bits per heavy atom. The molecule has 5 aromatic carbocycles. The first kappa shape index (κ1) is 73.5. The molecule has 2 unspecified atom stereocenters. The molecule has 0 saturated heterocycles. The lowest BCUT2D eigenvalue weighted by atomic mass is 9.85. The fraction of sp³-hybridized carbons (Fsp3) is 0.476. The Kier molecular flexibility index (Phi) is 30.6. The molecule has 0 fully saturated rings. The van der Waals surface area contributed by atoms with Crippen LogP contribution in [0.1, 0.15) is 83.2 Å². The van der Waals surface area contributed by atoms with Crippen molar-refractivity contribution in [1.29, 1.82) is 0 Å². The minimum Gasteiger partial charge on any atom is -0.379 e. The van der Waals surface area contributed by atoms with Gasteiger partial charge in [-0.3, -0.25) is 14.4 Å². The third kappa shape index (κ3) is 23.5. The normalized spacial score (nSPS) is 15.3. The summed E-state index contributed by atoms with van der Waals surface area (Å²) in [4.78, 5) is 44.5. The number of carbonyl (C=O) groups is 3. The predicted octanol–water partition coefficient (Wildman–Crippen LogP) is 6.75. The number of nitrogens with one attached hydrogen (secondary N) is 5. The molecule has 2 atom stereocenters. The van der Waals surface area contributed by atoms with E-state index >= 15 is 0 Å². The summed E-state index contributed by atoms with van der Waals surface area (Å²) in [7, 11) is -3.68. The fourth-order valence-corrected chi connectivity index (χ4v) is 13.5. The first-order chi connectivity index (χ1) is 43.8. The Bertz CT molecular complexity index is 3230. The summed E-state index contributed by atoms with van der Waals surface area (Å²) in [5.74, 6) is -1.81. The minimum atomic E-state index is -3.83. The molecule has 2 heterocycles. The Balaban J connectivity index is 0.744. The lowest BCUT2D eigenvalue weighted by Crippen LogP contribution is -2.31. The highest BCUT2D eigenvalue weighted by Gasteiger charge is 2.30. The van der Waals surface area contributed by atoms with Crippen LogP contribution in [0.3, 0.4) is 0 Å². The molecule has 5 aromatic rings. The van der Waals surface area contributed by atoms with E-state index < -0.39 is 37.8 Å². The van der Waals surface area contributed by atoms with Gasteiger partial charge in [-0.25, -0.2) is 26.3 Å². The van der Waals surface area contributed by atoms with Crippen molar-refractivity contribution >= 4 is 84.2 Å². The van der Waals surface area contributed by atoms with E-state index in [1.54, 1.807) is 48.5 Å². The number of halogens is 4. The fourth-order valence-electron chi connectivity index (χ4n) is 10.2. The second-order valence-electron chi connectivity index (χ2n) is 21.4. The molecule has 5 N–H and O–H groups in total. The minimum absolute atomic E-state index is 0.0529. The molecule has 0 aliphatic carbocycles. The number of benzene rings is 5. The van der Waals surface area contributed by atoms with E-state index in [2.05, 4.69) is 35.2 Å². The van der Waals surface area contributed by atoms with E-state index in [-0.39, 0.29) is 157 Å². The van der Waals surface area contributed by atoms with Crippen molar-refractivity contribution in [3.63, 3.8) is 0 Å². The second-order valence-corrected chi connectivity index (χ2v) is 26.6. The number of sulfonamides is 2. The molecule has 3 amide bonds. The zero-order valence-electron chi connectivity index (χ0n) is 51.3. The van der Waals surface area contributed by atoms with Crippen molar-refractivity contribution in [1.82, 2.24) is 35.2 Å². The third-order valence-electron chi connectivity index (χ3n) is 14.6. The van der Waals surface area contributed by atoms with Crippen molar-refractivity contribution in [2.24, 2.45) is 0 Å². The topological polar surface area (TPSA) is 260 Å². The van der Waals surface area contributed by atoms with Gasteiger partial charge in [0.1, 0.15) is 0 Å². The summed E-state index contributed by atoms with van der Waals surface area (Å²) in [6.07, 6.45) is 0. The molecule has 0 spiro atoms. The van der Waals surface area contributed by atoms with Gasteiger partial charge >= 0.3 is 0 Å². The standard InChI is InChI=1S/C63H81Cl4N7O15S2/c1-4-82-21-22-83-16-11-68-61(75)46-31-47(62(76)69-12-17-84-23-27-88-29-25-86-19-14-71-90(78,79)51-9-5-7-44(34-51)55-40-73(2)42-57-53(55)36-49(64)38-59(57)66)33-48(32-46)63(77)70-13-18-85-24-28-89-30-26-87-20-15-72-91(80,81)52-10-6-8-45(35-52)56-41-74(3)43-58-54(56)37-50(65)39-60(58)67/h5-10,31-39,55-56,71-72H,4,11-30,40-43H2,1-3H3,(H,68,75)(H,69,76)(H,70,77). The van der Waals surface area contributed by atoms with E-state index in [1.807, 2.05) is 45.3 Å². The number of carbonyl (C=O) groups excluding carboxylic acids is 3. The molecular formula is C63H81Cl4N7O15S2. The van der Waals surface area contributed by atoms with E-state index in [1.165, 1.54) is 18.2 Å². The summed E-state index contributed by atoms with van der Waals surface area (Å²) in [6, 6.07) is 25.2. The second kappa shape index (κ2) is 37.8. The molecule has 0 saturated carbocycles. The number of nitrogens with zero attached hydrogens (tertiary/aromatic N) is 2. The van der Waals surface area contributed by atoms with Gasteiger partial charge in [0.15, 0.2) is 0 Å². The SMILES string of the molecule is CCOCCOCCNC(=O)c1cc(C(=O)NCCOCCOCCOCCNS(=O)(=O)c2cccc(C3CN(C)Cc4c(Cl)cc(Cl)cc43)c2)cc(C(=O)NCCOCCOCCOCCNS(=O)(=O)c2cccc(C3CN(C)Cc4c(Cl)cc(Cl)cc43)c2)c1. The van der Waals surface area contributed by atoms with Crippen LogP contribution in [0.2, 0.25) is 20.1 Å². The van der Waals surface area contributed by atoms with Gasteiger partial charge in [0.05, 0.1) is 109 Å². The Morgan fingerprint density at radius 3 is 1.10 bits per heavy atom. The van der Waals surface area contributed by atoms with Gasteiger partial charge in [-0.2, -0.15) is 0 Å². The molecule has 91 heavy (non-hydrogen) atoms. The van der Waals surface area contributed by atoms with Crippen LogP contribution in [0.5, 0.6) is 0 Å². The zero-order valence-corrected chi connectivity index (χ0v) is 56.0.